The van der Waals surface area contributed by atoms with Crippen molar-refractivity contribution in [3.63, 3.8) is 0 Å². The van der Waals surface area contributed by atoms with E-state index < -0.39 is 0 Å². The Kier molecular flexibility index (Phi) is 4.04. The van der Waals surface area contributed by atoms with Gasteiger partial charge in [0, 0.05) is 0 Å². The number of phenolic OH excluding ortho intramolecular Hbond substituents is 1. The van der Waals surface area contributed by atoms with Gasteiger partial charge < -0.3 is 5.11 Å². The Hall–Kier alpha value is -3.15. The molecule has 0 unspecified atom stereocenters. The van der Waals surface area contributed by atoms with E-state index in [9.17, 15) is 9.90 Å². The van der Waals surface area contributed by atoms with Gasteiger partial charge in [-0.15, -0.1) is 0 Å². The van der Waals surface area contributed by atoms with E-state index >= 15 is 0 Å². The fourth-order valence-electron chi connectivity index (χ4n) is 2.34. The van der Waals surface area contributed by atoms with Crippen LogP contribution >= 0.6 is 0 Å². The molecule has 0 fully saturated rings. The molecule has 0 atom stereocenters. The zero-order valence-corrected chi connectivity index (χ0v) is 13.7. The summed E-state index contributed by atoms with van der Waals surface area (Å²) in [6.45, 7) is 5.73. The first-order valence-corrected chi connectivity index (χ1v) is 7.56. The Morgan fingerprint density at radius 3 is 2.54 bits per heavy atom. The van der Waals surface area contributed by atoms with E-state index in [1.165, 1.54) is 5.01 Å². The molecule has 6 heteroatoms. The van der Waals surface area contributed by atoms with E-state index in [4.69, 9.17) is 0 Å². The molecular formula is C18H18N4O2. The van der Waals surface area contributed by atoms with Gasteiger partial charge in [0.2, 0.25) is 0 Å². The van der Waals surface area contributed by atoms with E-state index in [2.05, 4.69) is 15.6 Å². The van der Waals surface area contributed by atoms with Crippen LogP contribution in [0.4, 0.5) is 11.4 Å². The van der Waals surface area contributed by atoms with Gasteiger partial charge in [-0.2, -0.15) is 15.2 Å². The highest BCUT2D eigenvalue weighted by atomic mass is 16.3. The van der Waals surface area contributed by atoms with Gasteiger partial charge in [0.15, 0.2) is 5.71 Å². The number of nitrogens with one attached hydrogen (secondary N) is 1. The van der Waals surface area contributed by atoms with Gasteiger partial charge in [0.25, 0.3) is 0 Å². The van der Waals surface area contributed by atoms with E-state index in [0.717, 1.165) is 11.1 Å². The highest BCUT2D eigenvalue weighted by molar-refractivity contribution is 6.71. The van der Waals surface area contributed by atoms with Gasteiger partial charge in [0.1, 0.15) is 5.75 Å². The maximum absolute atomic E-state index is 12.6. The Labute approximate surface area is 140 Å². The van der Waals surface area contributed by atoms with Gasteiger partial charge >= 0.3 is 5.91 Å². The molecule has 0 bridgehead atoms. The molecule has 3 rings (SSSR count). The molecule has 0 aromatic heterocycles. The maximum Gasteiger partial charge on any atom is 0.301 e. The summed E-state index contributed by atoms with van der Waals surface area (Å²) in [7, 11) is 0. The number of phenols is 1. The minimum absolute atomic E-state index is 0.0629. The van der Waals surface area contributed by atoms with Crippen molar-refractivity contribution in [1.82, 2.24) is 0 Å². The Balaban J connectivity index is 1.86. The third-order valence-electron chi connectivity index (χ3n) is 3.91. The number of amides is 1. The van der Waals surface area contributed by atoms with Crippen LogP contribution in [0.25, 0.3) is 0 Å². The molecule has 2 N–H and O–H groups in total. The van der Waals surface area contributed by atoms with Crippen molar-refractivity contribution in [3.8, 4) is 5.75 Å². The van der Waals surface area contributed by atoms with Crippen molar-refractivity contribution in [2.45, 2.75) is 20.8 Å². The average molecular weight is 322 g/mol. The third kappa shape index (κ3) is 2.86. The molecule has 2 aromatic carbocycles. The highest BCUT2D eigenvalue weighted by Gasteiger charge is 2.30. The van der Waals surface area contributed by atoms with Gasteiger partial charge in [-0.3, -0.25) is 10.2 Å². The van der Waals surface area contributed by atoms with Gasteiger partial charge in [0.05, 0.1) is 17.1 Å². The number of carbonyl (C=O) groups excluding carboxylic acids is 1. The van der Waals surface area contributed by atoms with Crippen molar-refractivity contribution >= 4 is 28.7 Å². The first-order chi connectivity index (χ1) is 11.5. The number of hydrazone groups is 2. The summed E-state index contributed by atoms with van der Waals surface area (Å²) in [5, 5.41) is 19.5. The second-order valence-corrected chi connectivity index (χ2v) is 5.66. The van der Waals surface area contributed by atoms with Gasteiger partial charge in [-0.25, -0.2) is 0 Å². The van der Waals surface area contributed by atoms with E-state index in [-0.39, 0.29) is 17.4 Å². The van der Waals surface area contributed by atoms with Crippen molar-refractivity contribution < 1.29 is 9.90 Å². The largest absolute Gasteiger partial charge is 0.506 e. The molecule has 0 saturated heterocycles. The number of rotatable bonds is 3. The standard InChI is InChI=1S/C18H18N4O2/c1-11-8-9-14(10-12(11)2)22-18(24)17(13(3)21-22)20-19-15-6-4-5-7-16(15)23/h4-10,19,23H,1-3H3/b20-17-. The number of aromatic hydroxyl groups is 1. The van der Waals surface area contributed by atoms with Crippen LogP contribution in [0.1, 0.15) is 18.1 Å². The zero-order valence-electron chi connectivity index (χ0n) is 13.7. The summed E-state index contributed by atoms with van der Waals surface area (Å²) in [6, 6.07) is 12.4. The molecular weight excluding hydrogens is 304 g/mol. The number of carbonyl (C=O) groups is 1. The molecule has 0 saturated carbocycles. The van der Waals surface area contributed by atoms with Crippen LogP contribution in [0.5, 0.6) is 5.75 Å². The van der Waals surface area contributed by atoms with Crippen LogP contribution in [-0.2, 0) is 4.79 Å². The van der Waals surface area contributed by atoms with Crippen molar-refractivity contribution in [3.05, 3.63) is 53.6 Å². The van der Waals surface area contributed by atoms with Crippen LogP contribution < -0.4 is 10.4 Å². The molecule has 0 aliphatic carbocycles. The quantitative estimate of drug-likeness (QED) is 0.673. The molecule has 24 heavy (non-hydrogen) atoms. The van der Waals surface area contributed by atoms with E-state index in [1.54, 1.807) is 31.2 Å². The predicted molar refractivity (Wildman–Crippen MR) is 95.7 cm³/mol. The molecule has 0 spiro atoms. The Bertz CT molecular complexity index is 871. The van der Waals surface area contributed by atoms with Gasteiger partial charge in [-0.05, 0) is 56.2 Å². The predicted octanol–water partition coefficient (Wildman–Crippen LogP) is 3.20. The molecule has 0 radical (unpaired) electrons. The number of para-hydroxylation sites is 2. The second-order valence-electron chi connectivity index (χ2n) is 5.66. The summed E-state index contributed by atoms with van der Waals surface area (Å²) in [4.78, 5) is 12.6. The van der Waals surface area contributed by atoms with Crippen molar-refractivity contribution in [1.29, 1.82) is 0 Å². The number of anilines is 2. The van der Waals surface area contributed by atoms with Crippen LogP contribution in [0.3, 0.4) is 0 Å². The number of nitrogens with zero attached hydrogens (tertiary/aromatic N) is 3. The summed E-state index contributed by atoms with van der Waals surface area (Å²) >= 11 is 0. The first kappa shape index (κ1) is 15.7. The summed E-state index contributed by atoms with van der Waals surface area (Å²) in [5.74, 6) is -0.244. The number of hydrogen-bond donors (Lipinski definition) is 2. The normalized spacial score (nSPS) is 15.8. The topological polar surface area (TPSA) is 77.3 Å². The first-order valence-electron chi connectivity index (χ1n) is 7.56. The maximum atomic E-state index is 12.6. The molecule has 1 heterocycles. The molecule has 6 nitrogen and oxygen atoms in total. The van der Waals surface area contributed by atoms with Crippen LogP contribution in [0, 0.1) is 13.8 Å². The molecule has 1 aliphatic rings. The lowest BCUT2D eigenvalue weighted by atomic mass is 10.1. The van der Waals surface area contributed by atoms with Crippen molar-refractivity contribution in [2.24, 2.45) is 10.2 Å². The van der Waals surface area contributed by atoms with Crippen molar-refractivity contribution in [2.75, 3.05) is 10.4 Å². The minimum atomic E-state index is -0.307. The van der Waals surface area contributed by atoms with Crippen LogP contribution in [0.15, 0.2) is 52.7 Å². The fraction of sp³-hybridized carbons (Fsp3) is 0.167. The molecule has 2 aromatic rings. The fourth-order valence-corrected chi connectivity index (χ4v) is 2.34. The minimum Gasteiger partial charge on any atom is -0.506 e. The zero-order chi connectivity index (χ0) is 17.3. The summed E-state index contributed by atoms with van der Waals surface area (Å²) in [6.07, 6.45) is 0. The number of hydrogen-bond acceptors (Lipinski definition) is 5. The lowest BCUT2D eigenvalue weighted by Gasteiger charge is -2.13. The third-order valence-corrected chi connectivity index (χ3v) is 3.91. The van der Waals surface area contributed by atoms with E-state index in [1.807, 2.05) is 32.0 Å². The SMILES string of the molecule is CC1=NN(c2ccc(C)c(C)c2)C(=O)/C1=N\Nc1ccccc1O. The van der Waals surface area contributed by atoms with Crippen LogP contribution in [0.2, 0.25) is 0 Å². The smallest absolute Gasteiger partial charge is 0.301 e. The second kappa shape index (κ2) is 6.16. The average Bonchev–Trinajstić information content (AvgIpc) is 2.84. The summed E-state index contributed by atoms with van der Waals surface area (Å²) < 4.78 is 0. The van der Waals surface area contributed by atoms with E-state index in [0.29, 0.717) is 17.1 Å². The Morgan fingerprint density at radius 1 is 1.08 bits per heavy atom. The molecule has 122 valence electrons. The molecule has 1 aliphatic heterocycles. The number of benzene rings is 2. The molecule has 1 amide bonds. The lowest BCUT2D eigenvalue weighted by molar-refractivity contribution is -0.112. The van der Waals surface area contributed by atoms with Crippen LogP contribution in [-0.4, -0.2) is 22.4 Å². The Morgan fingerprint density at radius 2 is 1.83 bits per heavy atom. The number of aryl methyl sites for hydroxylation is 2. The monoisotopic (exact) mass is 322 g/mol. The summed E-state index contributed by atoms with van der Waals surface area (Å²) in [5.41, 5.74) is 6.82. The highest BCUT2D eigenvalue weighted by Crippen LogP contribution is 2.24. The van der Waals surface area contributed by atoms with Gasteiger partial charge in [-0.1, -0.05) is 18.2 Å². The lowest BCUT2D eigenvalue weighted by Crippen LogP contribution is -2.28.